The highest BCUT2D eigenvalue weighted by Gasteiger charge is 2.19. The Balaban J connectivity index is 1.81. The highest BCUT2D eigenvalue weighted by molar-refractivity contribution is 6.31. The molecular formula is C16H19ClN2O2. The number of methoxy groups -OCH3 is 1. The predicted octanol–water partition coefficient (Wildman–Crippen LogP) is 4.25. The van der Waals surface area contributed by atoms with Gasteiger partial charge in [-0.1, -0.05) is 24.1 Å². The second-order valence-corrected chi connectivity index (χ2v) is 5.65. The zero-order valence-corrected chi connectivity index (χ0v) is 12.8. The van der Waals surface area contributed by atoms with Crippen molar-refractivity contribution in [2.45, 2.75) is 38.2 Å². The van der Waals surface area contributed by atoms with Crippen LogP contribution in [0, 0.1) is 0 Å². The molecule has 1 aromatic carbocycles. The minimum absolute atomic E-state index is 0.263. The first-order chi connectivity index (χ1) is 10.3. The number of aromatic nitrogens is 2. The molecule has 0 radical (unpaired) electrons. The van der Waals surface area contributed by atoms with Crippen LogP contribution in [0.5, 0.6) is 11.5 Å². The summed E-state index contributed by atoms with van der Waals surface area (Å²) in [6.07, 6.45) is 7.91. The normalized spacial score (nSPS) is 15.9. The minimum atomic E-state index is 0.263. The van der Waals surface area contributed by atoms with E-state index in [0.717, 1.165) is 24.3 Å². The smallest absolute Gasteiger partial charge is 0.177 e. The highest BCUT2D eigenvalue weighted by Crippen LogP contribution is 2.31. The number of benzene rings is 1. The summed E-state index contributed by atoms with van der Waals surface area (Å²) in [5, 5.41) is 4.84. The highest BCUT2D eigenvalue weighted by atomic mass is 35.5. The molecule has 1 saturated carbocycles. The number of hydrogen-bond donors (Lipinski definition) is 0. The number of rotatable bonds is 4. The maximum absolute atomic E-state index is 6.41. The average molecular weight is 307 g/mol. The van der Waals surface area contributed by atoms with Crippen LogP contribution in [0.15, 0.2) is 30.5 Å². The summed E-state index contributed by atoms with van der Waals surface area (Å²) < 4.78 is 12.9. The lowest BCUT2D eigenvalue weighted by Gasteiger charge is -2.22. The molecule has 0 aliphatic heterocycles. The molecule has 0 amide bonds. The first kappa shape index (κ1) is 14.3. The molecule has 1 aliphatic carbocycles. The first-order valence-electron chi connectivity index (χ1n) is 7.32. The van der Waals surface area contributed by atoms with Gasteiger partial charge in [-0.15, -0.1) is 0 Å². The van der Waals surface area contributed by atoms with Gasteiger partial charge in [-0.05, 0) is 37.8 Å². The van der Waals surface area contributed by atoms with E-state index in [1.54, 1.807) is 18.0 Å². The Labute approximate surface area is 129 Å². The van der Waals surface area contributed by atoms with Crippen LogP contribution in [0.3, 0.4) is 0 Å². The monoisotopic (exact) mass is 306 g/mol. The van der Waals surface area contributed by atoms with Gasteiger partial charge in [-0.25, -0.2) is 4.68 Å². The van der Waals surface area contributed by atoms with E-state index in [-0.39, 0.29) is 6.10 Å². The first-order valence-corrected chi connectivity index (χ1v) is 7.70. The fourth-order valence-electron chi connectivity index (χ4n) is 2.68. The van der Waals surface area contributed by atoms with E-state index in [1.165, 1.54) is 19.3 Å². The number of nitrogens with zero attached hydrogens (tertiary/aromatic N) is 2. The summed E-state index contributed by atoms with van der Waals surface area (Å²) in [7, 11) is 1.64. The third-order valence-electron chi connectivity index (χ3n) is 3.82. The molecule has 0 bridgehead atoms. The summed E-state index contributed by atoms with van der Waals surface area (Å²) in [6, 6.07) is 7.63. The zero-order chi connectivity index (χ0) is 14.7. The van der Waals surface area contributed by atoms with Gasteiger partial charge < -0.3 is 9.47 Å². The van der Waals surface area contributed by atoms with Crippen LogP contribution in [-0.4, -0.2) is 23.0 Å². The summed E-state index contributed by atoms with van der Waals surface area (Å²) in [5.74, 6) is 1.43. The summed E-state index contributed by atoms with van der Waals surface area (Å²) in [5.41, 5.74) is 0.859. The lowest BCUT2D eigenvalue weighted by atomic mass is 9.98. The summed E-state index contributed by atoms with van der Waals surface area (Å²) in [4.78, 5) is 0. The van der Waals surface area contributed by atoms with E-state index in [1.807, 2.05) is 24.3 Å². The van der Waals surface area contributed by atoms with E-state index in [0.29, 0.717) is 10.9 Å². The second kappa shape index (κ2) is 6.39. The topological polar surface area (TPSA) is 36.3 Å². The summed E-state index contributed by atoms with van der Waals surface area (Å²) in [6.45, 7) is 0. The molecule has 2 aromatic rings. The lowest BCUT2D eigenvalue weighted by molar-refractivity contribution is 0.155. The van der Waals surface area contributed by atoms with Crippen molar-refractivity contribution in [3.63, 3.8) is 0 Å². The van der Waals surface area contributed by atoms with Gasteiger partial charge >= 0.3 is 0 Å². The molecule has 1 aliphatic rings. The van der Waals surface area contributed by atoms with E-state index in [9.17, 15) is 0 Å². The van der Waals surface area contributed by atoms with Gasteiger partial charge in [0.15, 0.2) is 10.9 Å². The maximum atomic E-state index is 6.41. The maximum Gasteiger partial charge on any atom is 0.177 e. The molecule has 0 atom stereocenters. The van der Waals surface area contributed by atoms with Crippen LogP contribution in [0.1, 0.15) is 32.1 Å². The minimum Gasteiger partial charge on any atom is -0.497 e. The number of halogens is 1. The molecule has 1 aromatic heterocycles. The van der Waals surface area contributed by atoms with Crippen LogP contribution in [0.25, 0.3) is 5.69 Å². The van der Waals surface area contributed by atoms with Gasteiger partial charge in [0.2, 0.25) is 0 Å². The molecule has 0 spiro atoms. The van der Waals surface area contributed by atoms with E-state index in [4.69, 9.17) is 21.1 Å². The molecule has 0 unspecified atom stereocenters. The van der Waals surface area contributed by atoms with Crippen LogP contribution in [0.4, 0.5) is 0 Å². The molecule has 21 heavy (non-hydrogen) atoms. The Kier molecular flexibility index (Phi) is 4.34. The Morgan fingerprint density at radius 3 is 2.81 bits per heavy atom. The van der Waals surface area contributed by atoms with Crippen molar-refractivity contribution < 1.29 is 9.47 Å². The van der Waals surface area contributed by atoms with Crippen LogP contribution < -0.4 is 9.47 Å². The van der Waals surface area contributed by atoms with Crippen LogP contribution >= 0.6 is 11.6 Å². The van der Waals surface area contributed by atoms with Crippen molar-refractivity contribution in [1.82, 2.24) is 9.78 Å². The van der Waals surface area contributed by atoms with Gasteiger partial charge in [0, 0.05) is 6.07 Å². The van der Waals surface area contributed by atoms with Gasteiger partial charge in [0.25, 0.3) is 0 Å². The standard InChI is InChI=1S/C16H19ClN2O2/c1-20-14-9-5-6-12(10-14)19-16(17)15(11-18-19)21-13-7-3-2-4-8-13/h5-6,9-11,13H,2-4,7-8H2,1H3. The second-order valence-electron chi connectivity index (χ2n) is 5.29. The molecular weight excluding hydrogens is 288 g/mol. The number of ether oxygens (including phenoxy) is 2. The SMILES string of the molecule is COc1cccc(-n2ncc(OC3CCCCC3)c2Cl)c1. The average Bonchev–Trinajstić information content (AvgIpc) is 2.89. The van der Waals surface area contributed by atoms with Gasteiger partial charge in [-0.3, -0.25) is 0 Å². The zero-order valence-electron chi connectivity index (χ0n) is 12.1. The van der Waals surface area contributed by atoms with Crippen molar-refractivity contribution in [3.05, 3.63) is 35.6 Å². The fourth-order valence-corrected chi connectivity index (χ4v) is 2.92. The van der Waals surface area contributed by atoms with Crippen LogP contribution in [-0.2, 0) is 0 Å². The van der Waals surface area contributed by atoms with E-state index >= 15 is 0 Å². The fraction of sp³-hybridized carbons (Fsp3) is 0.438. The van der Waals surface area contributed by atoms with E-state index < -0.39 is 0 Å². The quantitative estimate of drug-likeness (QED) is 0.847. The Morgan fingerprint density at radius 2 is 2.05 bits per heavy atom. The van der Waals surface area contributed by atoms with Gasteiger partial charge in [0.1, 0.15) is 5.75 Å². The molecule has 0 saturated heterocycles. The number of hydrogen-bond acceptors (Lipinski definition) is 3. The Hall–Kier alpha value is -1.68. The molecule has 112 valence electrons. The third-order valence-corrected chi connectivity index (χ3v) is 4.17. The molecule has 1 heterocycles. The van der Waals surface area contributed by atoms with Crippen LogP contribution in [0.2, 0.25) is 5.15 Å². The van der Waals surface area contributed by atoms with Gasteiger partial charge in [-0.2, -0.15) is 5.10 Å². The van der Waals surface area contributed by atoms with Crippen molar-refractivity contribution >= 4 is 11.6 Å². The van der Waals surface area contributed by atoms with Gasteiger partial charge in [0.05, 0.1) is 25.1 Å². The summed E-state index contributed by atoms with van der Waals surface area (Å²) >= 11 is 6.41. The molecule has 0 N–H and O–H groups in total. The predicted molar refractivity (Wildman–Crippen MR) is 82.6 cm³/mol. The van der Waals surface area contributed by atoms with Crippen molar-refractivity contribution in [2.24, 2.45) is 0 Å². The van der Waals surface area contributed by atoms with E-state index in [2.05, 4.69) is 5.10 Å². The Morgan fingerprint density at radius 1 is 1.24 bits per heavy atom. The molecule has 3 rings (SSSR count). The largest absolute Gasteiger partial charge is 0.497 e. The molecule has 4 nitrogen and oxygen atoms in total. The molecule has 1 fully saturated rings. The van der Waals surface area contributed by atoms with Crippen molar-refractivity contribution in [3.8, 4) is 17.2 Å². The lowest BCUT2D eigenvalue weighted by Crippen LogP contribution is -2.19. The molecule has 5 heteroatoms. The van der Waals surface area contributed by atoms with Crippen molar-refractivity contribution in [1.29, 1.82) is 0 Å². The Bertz CT molecular complexity index is 606. The third kappa shape index (κ3) is 3.16. The van der Waals surface area contributed by atoms with Crippen molar-refractivity contribution in [2.75, 3.05) is 7.11 Å².